The van der Waals surface area contributed by atoms with Crippen LogP contribution in [0.25, 0.3) is 0 Å². The number of amides is 3. The second kappa shape index (κ2) is 6.76. The van der Waals surface area contributed by atoms with Gasteiger partial charge in [0, 0.05) is 26.1 Å². The van der Waals surface area contributed by atoms with Gasteiger partial charge >= 0.3 is 6.03 Å². The third-order valence-corrected chi connectivity index (χ3v) is 4.27. The number of hydrogen-bond acceptors (Lipinski definition) is 4. The number of likely N-dealkylation sites (tertiary alicyclic amines) is 1. The number of carbonyl (C=O) groups is 2. The Morgan fingerprint density at radius 3 is 2.70 bits per heavy atom. The highest BCUT2D eigenvalue weighted by Crippen LogP contribution is 2.32. The Balaban J connectivity index is 1.46. The molecule has 3 N–H and O–H groups in total. The summed E-state index contributed by atoms with van der Waals surface area (Å²) in [4.78, 5) is 24.9. The van der Waals surface area contributed by atoms with Gasteiger partial charge in [-0.15, -0.1) is 0 Å². The minimum absolute atomic E-state index is 0.0832. The molecule has 0 aromatic heterocycles. The van der Waals surface area contributed by atoms with Gasteiger partial charge in [0.2, 0.25) is 12.7 Å². The molecule has 3 amide bonds. The number of nitrogens with zero attached hydrogens (tertiary/aromatic N) is 1. The van der Waals surface area contributed by atoms with Crippen LogP contribution in [0, 0.1) is 5.92 Å². The van der Waals surface area contributed by atoms with Gasteiger partial charge in [0.15, 0.2) is 11.5 Å². The third kappa shape index (κ3) is 3.85. The molecule has 7 heteroatoms. The highest BCUT2D eigenvalue weighted by molar-refractivity contribution is 5.75. The molecule has 7 nitrogen and oxygen atoms in total. The largest absolute Gasteiger partial charge is 0.454 e. The number of ether oxygens (including phenoxy) is 2. The van der Waals surface area contributed by atoms with Crippen LogP contribution in [0.1, 0.15) is 24.8 Å². The van der Waals surface area contributed by atoms with E-state index in [-0.39, 0.29) is 18.7 Å². The first-order valence-corrected chi connectivity index (χ1v) is 7.81. The van der Waals surface area contributed by atoms with Gasteiger partial charge in [-0.25, -0.2) is 4.79 Å². The smallest absolute Gasteiger partial charge is 0.317 e. The summed E-state index contributed by atoms with van der Waals surface area (Å²) < 4.78 is 10.6. The van der Waals surface area contributed by atoms with E-state index in [2.05, 4.69) is 5.32 Å². The normalized spacial score (nSPS) is 17.1. The van der Waals surface area contributed by atoms with Crippen molar-refractivity contribution in [3.63, 3.8) is 0 Å². The van der Waals surface area contributed by atoms with Crippen LogP contribution in [0.3, 0.4) is 0 Å². The first-order chi connectivity index (χ1) is 11.1. The number of carbonyl (C=O) groups excluding carboxylic acids is 2. The molecule has 0 radical (unpaired) electrons. The molecule has 124 valence electrons. The summed E-state index contributed by atoms with van der Waals surface area (Å²) in [5.41, 5.74) is 6.18. The zero-order valence-electron chi connectivity index (χ0n) is 12.9. The van der Waals surface area contributed by atoms with Gasteiger partial charge < -0.3 is 25.4 Å². The maximum atomic E-state index is 12.2. The number of nitrogens with two attached hydrogens (primary N) is 1. The van der Waals surface area contributed by atoms with Crippen LogP contribution in [0.5, 0.6) is 11.5 Å². The lowest BCUT2D eigenvalue weighted by molar-refractivity contribution is -0.119. The number of primary amides is 1. The minimum atomic E-state index is -0.268. The molecule has 2 aliphatic rings. The fourth-order valence-electron chi connectivity index (χ4n) is 2.97. The van der Waals surface area contributed by atoms with Crippen molar-refractivity contribution < 1.29 is 19.1 Å². The highest BCUT2D eigenvalue weighted by Gasteiger charge is 2.23. The Hall–Kier alpha value is -2.44. The average molecular weight is 319 g/mol. The molecule has 1 saturated heterocycles. The lowest BCUT2D eigenvalue weighted by atomic mass is 9.93. The number of benzene rings is 1. The number of rotatable bonds is 4. The van der Waals surface area contributed by atoms with Crippen molar-refractivity contribution in [3.05, 3.63) is 23.8 Å². The second-order valence-electron chi connectivity index (χ2n) is 5.95. The third-order valence-electron chi connectivity index (χ3n) is 4.27. The maximum Gasteiger partial charge on any atom is 0.317 e. The van der Waals surface area contributed by atoms with Crippen LogP contribution < -0.4 is 20.5 Å². The van der Waals surface area contributed by atoms with E-state index in [1.165, 1.54) is 0 Å². The molecular weight excluding hydrogens is 298 g/mol. The zero-order chi connectivity index (χ0) is 16.2. The Kier molecular flexibility index (Phi) is 4.55. The van der Waals surface area contributed by atoms with E-state index in [0.29, 0.717) is 37.7 Å². The van der Waals surface area contributed by atoms with Crippen molar-refractivity contribution in [2.24, 2.45) is 11.7 Å². The van der Waals surface area contributed by atoms with Crippen molar-refractivity contribution in [3.8, 4) is 11.5 Å². The van der Waals surface area contributed by atoms with Crippen molar-refractivity contribution >= 4 is 11.9 Å². The first kappa shape index (κ1) is 15.5. The molecular formula is C16H21N3O4. The summed E-state index contributed by atoms with van der Waals surface area (Å²) in [6.07, 6.45) is 2.05. The molecule has 23 heavy (non-hydrogen) atoms. The Morgan fingerprint density at radius 2 is 1.96 bits per heavy atom. The summed E-state index contributed by atoms with van der Waals surface area (Å²) in [5, 5.41) is 2.91. The summed E-state index contributed by atoms with van der Waals surface area (Å²) in [5.74, 6) is 1.47. The summed E-state index contributed by atoms with van der Waals surface area (Å²) in [6, 6.07) is 5.55. The molecule has 2 aliphatic heterocycles. The minimum Gasteiger partial charge on any atom is -0.454 e. The molecule has 0 aliphatic carbocycles. The van der Waals surface area contributed by atoms with E-state index in [0.717, 1.165) is 24.2 Å². The maximum absolute atomic E-state index is 12.2. The van der Waals surface area contributed by atoms with Crippen molar-refractivity contribution in [1.29, 1.82) is 0 Å². The Bertz CT molecular complexity index is 597. The molecule has 0 unspecified atom stereocenters. The number of hydrogen-bond donors (Lipinski definition) is 2. The van der Waals surface area contributed by atoms with Gasteiger partial charge in [-0.1, -0.05) is 6.07 Å². The van der Waals surface area contributed by atoms with Gasteiger partial charge in [-0.3, -0.25) is 4.79 Å². The lowest BCUT2D eigenvalue weighted by Gasteiger charge is -2.31. The molecule has 0 atom stereocenters. The average Bonchev–Trinajstić information content (AvgIpc) is 3.00. The molecule has 1 aromatic rings. The van der Waals surface area contributed by atoms with E-state index in [4.69, 9.17) is 15.2 Å². The van der Waals surface area contributed by atoms with E-state index < -0.39 is 0 Å². The van der Waals surface area contributed by atoms with Crippen molar-refractivity contribution in [2.45, 2.75) is 25.8 Å². The van der Waals surface area contributed by atoms with E-state index in [1.54, 1.807) is 4.90 Å². The van der Waals surface area contributed by atoms with Crippen LogP contribution in [0.4, 0.5) is 4.79 Å². The SMILES string of the molecule is NC(=O)CC1CCN(C(=O)NCc2ccc3c(c2)OCO3)CC1. The van der Waals surface area contributed by atoms with Crippen molar-refractivity contribution in [1.82, 2.24) is 10.2 Å². The first-order valence-electron chi connectivity index (χ1n) is 7.81. The molecule has 0 bridgehead atoms. The van der Waals surface area contributed by atoms with Gasteiger partial charge in [0.05, 0.1) is 0 Å². The van der Waals surface area contributed by atoms with Crippen LogP contribution in [-0.4, -0.2) is 36.7 Å². The van der Waals surface area contributed by atoms with E-state index >= 15 is 0 Å². The van der Waals surface area contributed by atoms with Crippen LogP contribution in [0.2, 0.25) is 0 Å². The van der Waals surface area contributed by atoms with Crippen LogP contribution in [0.15, 0.2) is 18.2 Å². The quantitative estimate of drug-likeness (QED) is 0.872. The molecule has 1 fully saturated rings. The predicted octanol–water partition coefficient (Wildman–Crippen LogP) is 1.21. The molecule has 0 spiro atoms. The number of nitrogens with one attached hydrogen (secondary N) is 1. The zero-order valence-corrected chi connectivity index (χ0v) is 12.9. The summed E-state index contributed by atoms with van der Waals surface area (Å²) >= 11 is 0. The van der Waals surface area contributed by atoms with Gasteiger partial charge in [0.1, 0.15) is 0 Å². The number of fused-ring (bicyclic) bond motifs is 1. The lowest BCUT2D eigenvalue weighted by Crippen LogP contribution is -2.44. The highest BCUT2D eigenvalue weighted by atomic mass is 16.7. The summed E-state index contributed by atoms with van der Waals surface area (Å²) in [6.45, 7) is 2.00. The predicted molar refractivity (Wildman–Crippen MR) is 82.9 cm³/mol. The topological polar surface area (TPSA) is 93.9 Å². The van der Waals surface area contributed by atoms with Gasteiger partial charge in [-0.05, 0) is 36.5 Å². The second-order valence-corrected chi connectivity index (χ2v) is 5.95. The number of piperidine rings is 1. The van der Waals surface area contributed by atoms with Gasteiger partial charge in [-0.2, -0.15) is 0 Å². The monoisotopic (exact) mass is 319 g/mol. The number of urea groups is 1. The van der Waals surface area contributed by atoms with E-state index in [1.807, 2.05) is 18.2 Å². The molecule has 3 rings (SSSR count). The standard InChI is InChI=1S/C16H21N3O4/c17-15(20)8-11-3-5-19(6-4-11)16(21)18-9-12-1-2-13-14(7-12)23-10-22-13/h1-2,7,11H,3-6,8-10H2,(H2,17,20)(H,18,21). The van der Waals surface area contributed by atoms with Crippen LogP contribution >= 0.6 is 0 Å². The van der Waals surface area contributed by atoms with Crippen molar-refractivity contribution in [2.75, 3.05) is 19.9 Å². The summed E-state index contributed by atoms with van der Waals surface area (Å²) in [7, 11) is 0. The fourth-order valence-corrected chi connectivity index (χ4v) is 2.97. The fraction of sp³-hybridized carbons (Fsp3) is 0.500. The van der Waals surface area contributed by atoms with Gasteiger partial charge in [0.25, 0.3) is 0 Å². The van der Waals surface area contributed by atoms with Crippen LogP contribution in [-0.2, 0) is 11.3 Å². The molecule has 0 saturated carbocycles. The Labute approximate surface area is 134 Å². The molecule has 1 aromatic carbocycles. The molecule has 2 heterocycles. The van der Waals surface area contributed by atoms with E-state index in [9.17, 15) is 9.59 Å². The Morgan fingerprint density at radius 1 is 1.22 bits per heavy atom.